The predicted molar refractivity (Wildman–Crippen MR) is 118 cm³/mol. The molecule has 29 heavy (non-hydrogen) atoms. The Morgan fingerprint density at radius 3 is 2.59 bits per heavy atom. The van der Waals surface area contributed by atoms with Crippen LogP contribution in [0.4, 0.5) is 11.7 Å². The monoisotopic (exact) mass is 425 g/mol. The Hall–Kier alpha value is -2.91. The lowest BCUT2D eigenvalue weighted by molar-refractivity contribution is -0.115. The van der Waals surface area contributed by atoms with Crippen molar-refractivity contribution in [2.24, 2.45) is 0 Å². The maximum Gasteiger partial charge on any atom is 0.317 e. The fourth-order valence-electron chi connectivity index (χ4n) is 2.56. The molecule has 1 unspecified atom stereocenters. The number of benzene rings is 2. The van der Waals surface area contributed by atoms with E-state index in [-0.39, 0.29) is 11.2 Å². The molecule has 0 fully saturated rings. The minimum absolute atomic E-state index is 0.0744. The summed E-state index contributed by atoms with van der Waals surface area (Å²) in [6.45, 7) is 1.88. The van der Waals surface area contributed by atoms with Crippen LogP contribution >= 0.6 is 23.1 Å². The normalized spacial score (nSPS) is 12.1. The van der Waals surface area contributed by atoms with Gasteiger partial charge in [-0.15, -0.1) is 16.4 Å². The van der Waals surface area contributed by atoms with Crippen LogP contribution in [-0.4, -0.2) is 40.4 Å². The second kappa shape index (κ2) is 8.22. The molecule has 1 N–H and O–H groups in total. The van der Waals surface area contributed by atoms with Crippen molar-refractivity contribution in [3.05, 3.63) is 48.5 Å². The first-order valence-electron chi connectivity index (χ1n) is 8.94. The molecule has 2 aromatic heterocycles. The van der Waals surface area contributed by atoms with Gasteiger partial charge in [0.05, 0.1) is 15.5 Å². The van der Waals surface area contributed by atoms with E-state index in [0.717, 1.165) is 20.1 Å². The molecule has 2 aromatic carbocycles. The summed E-state index contributed by atoms with van der Waals surface area (Å²) in [4.78, 5) is 18.9. The van der Waals surface area contributed by atoms with Gasteiger partial charge in [0.2, 0.25) is 11.8 Å². The molecule has 0 saturated heterocycles. The Kier molecular flexibility index (Phi) is 5.50. The van der Waals surface area contributed by atoms with Crippen LogP contribution in [0.2, 0.25) is 0 Å². The summed E-state index contributed by atoms with van der Waals surface area (Å²) in [5.41, 5.74) is 2.46. The topological polar surface area (TPSA) is 84.2 Å². The van der Waals surface area contributed by atoms with Gasteiger partial charge in [0.15, 0.2) is 4.34 Å². The SMILES string of the molecule is CC(Sc1nc2ccccc2s1)C(=O)Nc1ccc(-c2nnc(N(C)C)o2)cc1. The Labute approximate surface area is 176 Å². The Balaban J connectivity index is 1.39. The summed E-state index contributed by atoms with van der Waals surface area (Å²) in [6, 6.07) is 15.7. The van der Waals surface area contributed by atoms with Crippen molar-refractivity contribution in [1.82, 2.24) is 15.2 Å². The number of thioether (sulfide) groups is 1. The summed E-state index contributed by atoms with van der Waals surface area (Å²) in [6.07, 6.45) is 0. The molecule has 0 spiro atoms. The van der Waals surface area contributed by atoms with E-state index in [1.165, 1.54) is 11.8 Å². The van der Waals surface area contributed by atoms with Crippen molar-refractivity contribution in [1.29, 1.82) is 0 Å². The summed E-state index contributed by atoms with van der Waals surface area (Å²) < 4.78 is 7.60. The number of hydrogen-bond acceptors (Lipinski definition) is 8. The molecule has 0 radical (unpaired) electrons. The van der Waals surface area contributed by atoms with E-state index < -0.39 is 0 Å². The van der Waals surface area contributed by atoms with Gasteiger partial charge < -0.3 is 14.6 Å². The second-order valence-corrected chi connectivity index (χ2v) is 9.18. The highest BCUT2D eigenvalue weighted by Gasteiger charge is 2.17. The third kappa shape index (κ3) is 4.41. The maximum absolute atomic E-state index is 12.6. The number of aromatic nitrogens is 3. The van der Waals surface area contributed by atoms with Crippen molar-refractivity contribution in [2.75, 3.05) is 24.3 Å². The molecule has 9 heteroatoms. The van der Waals surface area contributed by atoms with Crippen LogP contribution in [-0.2, 0) is 4.79 Å². The summed E-state index contributed by atoms with van der Waals surface area (Å²) in [5.74, 6) is 0.362. The second-order valence-electron chi connectivity index (χ2n) is 6.56. The molecular weight excluding hydrogens is 406 g/mol. The number of rotatable bonds is 6. The lowest BCUT2D eigenvalue weighted by Gasteiger charge is -2.10. The van der Waals surface area contributed by atoms with Crippen LogP contribution in [0.3, 0.4) is 0 Å². The zero-order valence-electron chi connectivity index (χ0n) is 16.1. The molecular formula is C20H19N5O2S2. The lowest BCUT2D eigenvalue weighted by Crippen LogP contribution is -2.22. The number of amides is 1. The van der Waals surface area contributed by atoms with Crippen LogP contribution in [0.15, 0.2) is 57.3 Å². The van der Waals surface area contributed by atoms with Crippen LogP contribution in [0.5, 0.6) is 0 Å². The van der Waals surface area contributed by atoms with Crippen molar-refractivity contribution in [3.8, 4) is 11.5 Å². The lowest BCUT2D eigenvalue weighted by atomic mass is 10.2. The van der Waals surface area contributed by atoms with E-state index in [0.29, 0.717) is 17.6 Å². The molecule has 0 aliphatic carbocycles. The van der Waals surface area contributed by atoms with E-state index in [1.54, 1.807) is 16.2 Å². The predicted octanol–water partition coefficient (Wildman–Crippen LogP) is 4.53. The largest absolute Gasteiger partial charge is 0.403 e. The number of hydrogen-bond donors (Lipinski definition) is 1. The first-order valence-corrected chi connectivity index (χ1v) is 10.6. The van der Waals surface area contributed by atoms with Crippen molar-refractivity contribution < 1.29 is 9.21 Å². The Bertz CT molecular complexity index is 1100. The van der Waals surface area contributed by atoms with Crippen LogP contribution in [0.25, 0.3) is 21.7 Å². The highest BCUT2D eigenvalue weighted by atomic mass is 32.2. The molecule has 0 aliphatic heterocycles. The average Bonchev–Trinajstić information content (AvgIpc) is 3.35. The minimum atomic E-state index is -0.270. The molecule has 0 aliphatic rings. The fraction of sp³-hybridized carbons (Fsp3) is 0.200. The quantitative estimate of drug-likeness (QED) is 0.454. The number of fused-ring (bicyclic) bond motifs is 1. The minimum Gasteiger partial charge on any atom is -0.403 e. The number of para-hydroxylation sites is 1. The maximum atomic E-state index is 12.6. The molecule has 7 nitrogen and oxygen atoms in total. The number of thiazole rings is 1. The van der Waals surface area contributed by atoms with E-state index in [1.807, 2.05) is 69.6 Å². The highest BCUT2D eigenvalue weighted by Crippen LogP contribution is 2.32. The zero-order valence-corrected chi connectivity index (χ0v) is 17.8. The van der Waals surface area contributed by atoms with Gasteiger partial charge in [-0.05, 0) is 43.3 Å². The smallest absolute Gasteiger partial charge is 0.317 e. The van der Waals surface area contributed by atoms with Crippen molar-refractivity contribution in [2.45, 2.75) is 16.5 Å². The van der Waals surface area contributed by atoms with Crippen molar-refractivity contribution >= 4 is 50.9 Å². The fourth-order valence-corrected chi connectivity index (χ4v) is 4.77. The Morgan fingerprint density at radius 2 is 1.90 bits per heavy atom. The molecule has 0 saturated carbocycles. The van der Waals surface area contributed by atoms with Gasteiger partial charge in [-0.2, -0.15) is 0 Å². The molecule has 4 rings (SSSR count). The molecule has 4 aromatic rings. The van der Waals surface area contributed by atoms with Gasteiger partial charge in [-0.25, -0.2) is 4.98 Å². The summed E-state index contributed by atoms with van der Waals surface area (Å²) >= 11 is 3.06. The summed E-state index contributed by atoms with van der Waals surface area (Å²) in [5, 5.41) is 10.7. The van der Waals surface area contributed by atoms with Crippen LogP contribution < -0.4 is 10.2 Å². The van der Waals surface area contributed by atoms with Crippen molar-refractivity contribution in [3.63, 3.8) is 0 Å². The van der Waals surface area contributed by atoms with Crippen LogP contribution in [0, 0.1) is 0 Å². The van der Waals surface area contributed by atoms with E-state index >= 15 is 0 Å². The number of carbonyl (C=O) groups is 1. The third-order valence-electron chi connectivity index (χ3n) is 4.12. The molecule has 148 valence electrons. The molecule has 1 atom stereocenters. The highest BCUT2D eigenvalue weighted by molar-refractivity contribution is 8.02. The average molecular weight is 426 g/mol. The van der Waals surface area contributed by atoms with E-state index in [9.17, 15) is 4.79 Å². The first-order chi connectivity index (χ1) is 14.0. The number of nitrogens with one attached hydrogen (secondary N) is 1. The van der Waals surface area contributed by atoms with Gasteiger partial charge in [-0.1, -0.05) is 29.0 Å². The van der Waals surface area contributed by atoms with Gasteiger partial charge in [0, 0.05) is 25.3 Å². The van der Waals surface area contributed by atoms with E-state index in [4.69, 9.17) is 4.42 Å². The number of carbonyl (C=O) groups excluding carboxylic acids is 1. The zero-order chi connectivity index (χ0) is 20.4. The first kappa shape index (κ1) is 19.4. The standard InChI is InChI=1S/C20H19N5O2S2/c1-12(28-20-22-15-6-4-5-7-16(15)29-20)17(26)21-14-10-8-13(9-11-14)18-23-24-19(27-18)25(2)3/h4-12H,1-3H3,(H,21,26). The van der Waals surface area contributed by atoms with Gasteiger partial charge in [0.1, 0.15) is 0 Å². The number of anilines is 2. The van der Waals surface area contributed by atoms with E-state index in [2.05, 4.69) is 20.5 Å². The van der Waals surface area contributed by atoms with Gasteiger partial charge >= 0.3 is 6.01 Å². The van der Waals surface area contributed by atoms with Gasteiger partial charge in [-0.3, -0.25) is 4.79 Å². The van der Waals surface area contributed by atoms with Crippen LogP contribution in [0.1, 0.15) is 6.92 Å². The summed E-state index contributed by atoms with van der Waals surface area (Å²) in [7, 11) is 3.67. The van der Waals surface area contributed by atoms with Gasteiger partial charge in [0.25, 0.3) is 0 Å². The molecule has 1 amide bonds. The third-order valence-corrected chi connectivity index (χ3v) is 6.35. The molecule has 0 bridgehead atoms. The molecule has 2 heterocycles. The number of nitrogens with zero attached hydrogens (tertiary/aromatic N) is 4. The Morgan fingerprint density at radius 1 is 1.14 bits per heavy atom.